The summed E-state index contributed by atoms with van der Waals surface area (Å²) in [6.07, 6.45) is 0.739. The monoisotopic (exact) mass is 296 g/mol. The highest BCUT2D eigenvalue weighted by molar-refractivity contribution is 5.94. The molecule has 3 N–H and O–H groups in total. The quantitative estimate of drug-likeness (QED) is 0.714. The minimum absolute atomic E-state index is 0.0364. The Bertz CT molecular complexity index is 504. The van der Waals surface area contributed by atoms with E-state index in [9.17, 15) is 9.59 Å². The summed E-state index contributed by atoms with van der Waals surface area (Å²) >= 11 is 0. The van der Waals surface area contributed by atoms with E-state index in [4.69, 9.17) is 14.6 Å². The van der Waals surface area contributed by atoms with Crippen LogP contribution >= 0.6 is 0 Å². The number of rotatable bonds is 7. The maximum Gasteiger partial charge on any atom is 0.339 e. The zero-order valence-corrected chi connectivity index (χ0v) is 12.3. The number of amides is 2. The summed E-state index contributed by atoms with van der Waals surface area (Å²) in [5.74, 6) is -0.904. The lowest BCUT2D eigenvalue weighted by Gasteiger charge is -2.16. The van der Waals surface area contributed by atoms with E-state index >= 15 is 0 Å². The first-order valence-electron chi connectivity index (χ1n) is 6.49. The molecular formula is C14H20N2O5. The van der Waals surface area contributed by atoms with Crippen molar-refractivity contribution in [1.82, 2.24) is 5.32 Å². The normalized spacial score (nSPS) is 11.6. The molecule has 0 bridgehead atoms. The largest absolute Gasteiger partial charge is 0.496 e. The van der Waals surface area contributed by atoms with E-state index in [0.29, 0.717) is 12.3 Å². The van der Waals surface area contributed by atoms with Crippen LogP contribution in [0, 0.1) is 0 Å². The summed E-state index contributed by atoms with van der Waals surface area (Å²) in [6.45, 7) is 2.36. The Balaban J connectivity index is 2.74. The van der Waals surface area contributed by atoms with Gasteiger partial charge in [-0.25, -0.2) is 9.59 Å². The second-order valence-electron chi connectivity index (χ2n) is 4.38. The molecule has 0 saturated carbocycles. The van der Waals surface area contributed by atoms with Gasteiger partial charge in [0.1, 0.15) is 11.3 Å². The summed E-state index contributed by atoms with van der Waals surface area (Å²) in [5, 5.41) is 14.4. The van der Waals surface area contributed by atoms with E-state index in [1.807, 2.05) is 6.92 Å². The second-order valence-corrected chi connectivity index (χ2v) is 4.38. The molecule has 7 nitrogen and oxygen atoms in total. The molecule has 0 spiro atoms. The zero-order chi connectivity index (χ0) is 15.8. The molecule has 2 amide bonds. The van der Waals surface area contributed by atoms with Gasteiger partial charge in [-0.1, -0.05) is 6.92 Å². The topological polar surface area (TPSA) is 96.9 Å². The number of aromatic carboxylic acids is 1. The molecule has 0 radical (unpaired) electrons. The molecule has 1 aromatic rings. The van der Waals surface area contributed by atoms with Crippen LogP contribution in [-0.2, 0) is 4.74 Å². The third-order valence-electron chi connectivity index (χ3n) is 2.89. The Morgan fingerprint density at radius 2 is 2.05 bits per heavy atom. The maximum absolute atomic E-state index is 11.8. The van der Waals surface area contributed by atoms with Crippen molar-refractivity contribution in [2.45, 2.75) is 19.4 Å². The van der Waals surface area contributed by atoms with Gasteiger partial charge in [-0.3, -0.25) is 0 Å². The molecule has 0 saturated heterocycles. The van der Waals surface area contributed by atoms with Crippen molar-refractivity contribution in [3.63, 3.8) is 0 Å². The Kier molecular flexibility index (Phi) is 6.48. The molecular weight excluding hydrogens is 276 g/mol. The van der Waals surface area contributed by atoms with Crippen LogP contribution in [0.2, 0.25) is 0 Å². The van der Waals surface area contributed by atoms with Crippen molar-refractivity contribution < 1.29 is 24.2 Å². The number of carboxylic acids is 1. The Labute approximate surface area is 123 Å². The predicted octanol–water partition coefficient (Wildman–Crippen LogP) is 1.94. The third kappa shape index (κ3) is 4.96. The molecule has 0 aliphatic heterocycles. The van der Waals surface area contributed by atoms with Crippen LogP contribution in [0.5, 0.6) is 5.75 Å². The van der Waals surface area contributed by atoms with E-state index in [2.05, 4.69) is 10.6 Å². The zero-order valence-electron chi connectivity index (χ0n) is 12.3. The number of anilines is 1. The lowest BCUT2D eigenvalue weighted by Crippen LogP contribution is -2.40. The number of benzene rings is 1. The number of hydrogen-bond acceptors (Lipinski definition) is 4. The van der Waals surface area contributed by atoms with E-state index in [1.165, 1.54) is 25.3 Å². The number of carboxylic acid groups (broad SMARTS) is 1. The van der Waals surface area contributed by atoms with Crippen molar-refractivity contribution in [1.29, 1.82) is 0 Å². The third-order valence-corrected chi connectivity index (χ3v) is 2.89. The lowest BCUT2D eigenvalue weighted by molar-refractivity contribution is 0.0693. The van der Waals surface area contributed by atoms with Crippen molar-refractivity contribution in [3.8, 4) is 5.75 Å². The fourth-order valence-electron chi connectivity index (χ4n) is 1.76. The summed E-state index contributed by atoms with van der Waals surface area (Å²) in [4.78, 5) is 22.8. The minimum atomic E-state index is -1.09. The number of methoxy groups -OCH3 is 2. The van der Waals surface area contributed by atoms with Crippen molar-refractivity contribution >= 4 is 17.7 Å². The standard InChI is InChI=1S/C14H20N2O5/c1-4-9(8-20-2)15-14(19)16-10-5-6-11(13(17)18)12(7-10)21-3/h5-7,9H,4,8H2,1-3H3,(H,17,18)(H2,15,16,19). The number of nitrogens with one attached hydrogen (secondary N) is 2. The first-order valence-corrected chi connectivity index (χ1v) is 6.49. The first kappa shape index (κ1) is 16.8. The SMILES string of the molecule is CCC(COC)NC(=O)Nc1ccc(C(=O)O)c(OC)c1. The second kappa shape index (κ2) is 8.11. The number of hydrogen-bond donors (Lipinski definition) is 3. The molecule has 1 aromatic carbocycles. The van der Waals surface area contributed by atoms with Crippen LogP contribution in [0.1, 0.15) is 23.7 Å². The van der Waals surface area contributed by atoms with E-state index in [-0.39, 0.29) is 23.4 Å². The number of urea groups is 1. The molecule has 0 aliphatic carbocycles. The fraction of sp³-hybridized carbons (Fsp3) is 0.429. The number of ether oxygens (including phenoxy) is 2. The Morgan fingerprint density at radius 3 is 2.57 bits per heavy atom. The highest BCUT2D eigenvalue weighted by atomic mass is 16.5. The van der Waals surface area contributed by atoms with Gasteiger partial charge >= 0.3 is 12.0 Å². The van der Waals surface area contributed by atoms with Crippen LogP contribution in [0.3, 0.4) is 0 Å². The van der Waals surface area contributed by atoms with Crippen molar-refractivity contribution in [3.05, 3.63) is 23.8 Å². The van der Waals surface area contributed by atoms with E-state index < -0.39 is 5.97 Å². The average Bonchev–Trinajstić information content (AvgIpc) is 2.46. The van der Waals surface area contributed by atoms with Crippen molar-refractivity contribution in [2.75, 3.05) is 26.1 Å². The van der Waals surface area contributed by atoms with Crippen LogP contribution in [0.4, 0.5) is 10.5 Å². The van der Waals surface area contributed by atoms with Gasteiger partial charge in [0.2, 0.25) is 0 Å². The molecule has 21 heavy (non-hydrogen) atoms. The Hall–Kier alpha value is -2.28. The lowest BCUT2D eigenvalue weighted by atomic mass is 10.2. The maximum atomic E-state index is 11.8. The van der Waals surface area contributed by atoms with Gasteiger partial charge in [-0.2, -0.15) is 0 Å². The summed E-state index contributed by atoms with van der Waals surface area (Å²) in [7, 11) is 2.94. The fourth-order valence-corrected chi connectivity index (χ4v) is 1.76. The summed E-state index contributed by atoms with van der Waals surface area (Å²) < 4.78 is 9.99. The van der Waals surface area contributed by atoms with Crippen LogP contribution in [0.25, 0.3) is 0 Å². The van der Waals surface area contributed by atoms with Crippen molar-refractivity contribution in [2.24, 2.45) is 0 Å². The van der Waals surface area contributed by atoms with Crippen LogP contribution in [0.15, 0.2) is 18.2 Å². The van der Waals surface area contributed by atoms with Gasteiger partial charge in [0.25, 0.3) is 0 Å². The highest BCUT2D eigenvalue weighted by Crippen LogP contribution is 2.23. The van der Waals surface area contributed by atoms with Gasteiger partial charge in [0, 0.05) is 18.9 Å². The first-order chi connectivity index (χ1) is 10.0. The average molecular weight is 296 g/mol. The van der Waals surface area contributed by atoms with E-state index in [1.54, 1.807) is 7.11 Å². The number of carbonyl (C=O) groups excluding carboxylic acids is 1. The van der Waals surface area contributed by atoms with Gasteiger partial charge in [-0.15, -0.1) is 0 Å². The van der Waals surface area contributed by atoms with E-state index in [0.717, 1.165) is 6.42 Å². The molecule has 1 rings (SSSR count). The number of carbonyl (C=O) groups is 2. The molecule has 0 fully saturated rings. The molecule has 7 heteroatoms. The minimum Gasteiger partial charge on any atom is -0.496 e. The summed E-state index contributed by atoms with van der Waals surface area (Å²) in [6, 6.07) is 3.87. The molecule has 0 aliphatic rings. The van der Waals surface area contributed by atoms with Gasteiger partial charge in [0.05, 0.1) is 19.8 Å². The molecule has 1 unspecified atom stereocenters. The predicted molar refractivity (Wildman–Crippen MR) is 78.1 cm³/mol. The molecule has 0 heterocycles. The van der Waals surface area contributed by atoms with Crippen LogP contribution in [-0.4, -0.2) is 44.0 Å². The van der Waals surface area contributed by atoms with Gasteiger partial charge in [0.15, 0.2) is 0 Å². The summed E-state index contributed by atoms with van der Waals surface area (Å²) in [5.41, 5.74) is 0.482. The highest BCUT2D eigenvalue weighted by Gasteiger charge is 2.14. The smallest absolute Gasteiger partial charge is 0.339 e. The van der Waals surface area contributed by atoms with Crippen LogP contribution < -0.4 is 15.4 Å². The molecule has 116 valence electrons. The molecule has 0 aromatic heterocycles. The van der Waals surface area contributed by atoms with Gasteiger partial charge < -0.3 is 25.2 Å². The Morgan fingerprint density at radius 1 is 1.33 bits per heavy atom. The van der Waals surface area contributed by atoms with Gasteiger partial charge in [-0.05, 0) is 18.6 Å². The molecule has 1 atom stereocenters.